The first-order valence-corrected chi connectivity index (χ1v) is 6.37. The Kier molecular flexibility index (Phi) is 6.17. The molecule has 0 aromatic heterocycles. The van der Waals surface area contributed by atoms with Gasteiger partial charge in [0, 0.05) is 12.2 Å². The van der Waals surface area contributed by atoms with E-state index in [1.165, 1.54) is 6.92 Å². The molecule has 0 aliphatic carbocycles. The van der Waals surface area contributed by atoms with Gasteiger partial charge in [0.05, 0.1) is 0 Å². The molecule has 0 rings (SSSR count). The summed E-state index contributed by atoms with van der Waals surface area (Å²) in [6, 6.07) is -0.950. The van der Waals surface area contributed by atoms with Crippen LogP contribution in [0.25, 0.3) is 0 Å². The van der Waals surface area contributed by atoms with Gasteiger partial charge in [-0.15, -0.1) is 0 Å². The molecule has 7 heteroatoms. The molecule has 0 heterocycles. The van der Waals surface area contributed by atoms with Crippen LogP contribution in [-0.4, -0.2) is 34.0 Å². The van der Waals surface area contributed by atoms with E-state index in [1.807, 2.05) is 0 Å². The maximum Gasteiger partial charge on any atom is 0.408 e. The largest absolute Gasteiger partial charge is 0.444 e. The number of primary amides is 1. The minimum Gasteiger partial charge on any atom is -0.444 e. The van der Waals surface area contributed by atoms with Gasteiger partial charge in [0.15, 0.2) is 5.12 Å². The molecule has 104 valence electrons. The lowest BCUT2D eigenvalue weighted by molar-refractivity contribution is -0.120. The minimum atomic E-state index is -0.950. The van der Waals surface area contributed by atoms with Gasteiger partial charge in [-0.1, -0.05) is 18.7 Å². The normalized spacial score (nSPS) is 14.5. The summed E-state index contributed by atoms with van der Waals surface area (Å²) in [6.45, 7) is 8.14. The van der Waals surface area contributed by atoms with Crippen molar-refractivity contribution < 1.29 is 19.1 Å². The van der Waals surface area contributed by atoms with Gasteiger partial charge in [0.2, 0.25) is 5.91 Å². The van der Waals surface area contributed by atoms with Crippen molar-refractivity contribution in [2.75, 3.05) is 0 Å². The summed E-state index contributed by atoms with van der Waals surface area (Å²) < 4.78 is 5.02. The zero-order valence-corrected chi connectivity index (χ0v) is 12.1. The van der Waals surface area contributed by atoms with E-state index >= 15 is 0 Å². The summed E-state index contributed by atoms with van der Waals surface area (Å²) >= 11 is 0.941. The van der Waals surface area contributed by atoms with E-state index in [9.17, 15) is 14.4 Å². The molecule has 6 nitrogen and oxygen atoms in total. The smallest absolute Gasteiger partial charge is 0.408 e. The lowest BCUT2D eigenvalue weighted by Gasteiger charge is -2.24. The molecule has 0 saturated heterocycles. The number of hydrogen-bond donors (Lipinski definition) is 2. The van der Waals surface area contributed by atoms with Crippen LogP contribution in [0.15, 0.2) is 0 Å². The van der Waals surface area contributed by atoms with Crippen LogP contribution in [0.5, 0.6) is 0 Å². The maximum absolute atomic E-state index is 11.5. The molecular weight excluding hydrogens is 256 g/mol. The topological polar surface area (TPSA) is 98.5 Å². The van der Waals surface area contributed by atoms with Crippen LogP contribution in [0.1, 0.15) is 34.6 Å². The van der Waals surface area contributed by atoms with Gasteiger partial charge in [0.25, 0.3) is 0 Å². The standard InChI is InChI=1S/C11H20N2O4S/c1-6(18-7(2)14)8(9(12)15)13-10(16)17-11(3,4)5/h6,8H,1-5H3,(H2,12,15)(H,13,16). The molecule has 0 fully saturated rings. The number of carbonyl (C=O) groups is 3. The zero-order chi connectivity index (χ0) is 14.5. The Labute approximate surface area is 111 Å². The van der Waals surface area contributed by atoms with Gasteiger partial charge in [-0.2, -0.15) is 0 Å². The van der Waals surface area contributed by atoms with Crippen LogP contribution in [0, 0.1) is 0 Å². The van der Waals surface area contributed by atoms with E-state index in [4.69, 9.17) is 10.5 Å². The van der Waals surface area contributed by atoms with Crippen LogP contribution in [-0.2, 0) is 14.3 Å². The number of nitrogens with two attached hydrogens (primary N) is 1. The molecule has 3 N–H and O–H groups in total. The Morgan fingerprint density at radius 3 is 2.11 bits per heavy atom. The van der Waals surface area contributed by atoms with Gasteiger partial charge in [-0.05, 0) is 20.8 Å². The van der Waals surface area contributed by atoms with Crippen molar-refractivity contribution >= 4 is 28.9 Å². The molecule has 2 atom stereocenters. The molecule has 18 heavy (non-hydrogen) atoms. The molecule has 0 bridgehead atoms. The highest BCUT2D eigenvalue weighted by atomic mass is 32.2. The fraction of sp³-hybridized carbons (Fsp3) is 0.727. The third-order valence-electron chi connectivity index (χ3n) is 1.80. The number of nitrogens with one attached hydrogen (secondary N) is 1. The van der Waals surface area contributed by atoms with Crippen molar-refractivity contribution in [1.82, 2.24) is 5.32 Å². The second-order valence-electron chi connectivity index (χ2n) is 4.84. The highest BCUT2D eigenvalue weighted by Gasteiger charge is 2.28. The minimum absolute atomic E-state index is 0.153. The first-order chi connectivity index (χ1) is 8.03. The number of alkyl carbamates (subject to hydrolysis) is 1. The molecule has 0 aliphatic heterocycles. The van der Waals surface area contributed by atoms with Crippen LogP contribution in [0.3, 0.4) is 0 Å². The summed E-state index contributed by atoms with van der Waals surface area (Å²) in [5, 5.41) is 1.76. The fourth-order valence-electron chi connectivity index (χ4n) is 1.18. The molecule has 0 spiro atoms. The van der Waals surface area contributed by atoms with Crippen molar-refractivity contribution in [1.29, 1.82) is 0 Å². The van der Waals surface area contributed by atoms with E-state index in [0.717, 1.165) is 11.8 Å². The molecule has 0 saturated carbocycles. The summed E-state index contributed by atoms with van der Waals surface area (Å²) in [7, 11) is 0. The second kappa shape index (κ2) is 6.63. The van der Waals surface area contributed by atoms with E-state index in [0.29, 0.717) is 0 Å². The van der Waals surface area contributed by atoms with Crippen molar-refractivity contribution in [2.45, 2.75) is 51.5 Å². The molecule has 2 unspecified atom stereocenters. The summed E-state index contributed by atoms with van der Waals surface area (Å²) in [5.74, 6) is -0.706. The number of ether oxygens (including phenoxy) is 1. The van der Waals surface area contributed by atoms with E-state index in [-0.39, 0.29) is 5.12 Å². The van der Waals surface area contributed by atoms with Gasteiger partial charge >= 0.3 is 6.09 Å². The lowest BCUT2D eigenvalue weighted by Crippen LogP contribution is -2.51. The van der Waals surface area contributed by atoms with Crippen molar-refractivity contribution in [3.05, 3.63) is 0 Å². The predicted molar refractivity (Wildman–Crippen MR) is 70.1 cm³/mol. The van der Waals surface area contributed by atoms with Crippen LogP contribution < -0.4 is 11.1 Å². The Balaban J connectivity index is 4.59. The highest BCUT2D eigenvalue weighted by Crippen LogP contribution is 2.16. The van der Waals surface area contributed by atoms with Crippen LogP contribution in [0.4, 0.5) is 4.79 Å². The molecule has 0 aromatic carbocycles. The number of thioether (sulfide) groups is 1. The van der Waals surface area contributed by atoms with Crippen LogP contribution >= 0.6 is 11.8 Å². The highest BCUT2D eigenvalue weighted by molar-refractivity contribution is 8.14. The van der Waals surface area contributed by atoms with E-state index in [2.05, 4.69) is 5.32 Å². The first-order valence-electron chi connectivity index (χ1n) is 5.49. The first kappa shape index (κ1) is 16.8. The average Bonchev–Trinajstić information content (AvgIpc) is 2.09. The Morgan fingerprint density at radius 1 is 1.28 bits per heavy atom. The molecular formula is C11H20N2O4S. The Bertz CT molecular complexity index is 338. The van der Waals surface area contributed by atoms with Gasteiger partial charge in [-0.25, -0.2) is 4.79 Å². The zero-order valence-electron chi connectivity index (χ0n) is 11.3. The van der Waals surface area contributed by atoms with E-state index < -0.39 is 28.9 Å². The second-order valence-corrected chi connectivity index (χ2v) is 6.40. The summed E-state index contributed by atoms with van der Waals surface area (Å²) in [6.07, 6.45) is -0.734. The predicted octanol–water partition coefficient (Wildman–Crippen LogP) is 1.03. The molecule has 0 aliphatic rings. The third kappa shape index (κ3) is 7.16. The quantitative estimate of drug-likeness (QED) is 0.799. The summed E-state index contributed by atoms with van der Waals surface area (Å²) in [4.78, 5) is 33.7. The van der Waals surface area contributed by atoms with Gasteiger partial charge < -0.3 is 15.8 Å². The fourth-order valence-corrected chi connectivity index (χ4v) is 2.05. The van der Waals surface area contributed by atoms with E-state index in [1.54, 1.807) is 27.7 Å². The summed E-state index contributed by atoms with van der Waals surface area (Å²) in [5.41, 5.74) is 4.53. The Hall–Kier alpha value is -1.24. The number of carbonyl (C=O) groups excluding carboxylic acids is 3. The molecule has 2 amide bonds. The number of amides is 2. The van der Waals surface area contributed by atoms with Crippen molar-refractivity contribution in [3.8, 4) is 0 Å². The Morgan fingerprint density at radius 2 is 1.78 bits per heavy atom. The number of rotatable bonds is 4. The molecule has 0 aromatic rings. The lowest BCUT2D eigenvalue weighted by atomic mass is 10.2. The SMILES string of the molecule is CC(=O)SC(C)C(NC(=O)OC(C)(C)C)C(N)=O. The van der Waals surface area contributed by atoms with Gasteiger partial charge in [0.1, 0.15) is 11.6 Å². The van der Waals surface area contributed by atoms with Crippen molar-refractivity contribution in [3.63, 3.8) is 0 Å². The maximum atomic E-state index is 11.5. The van der Waals surface area contributed by atoms with Crippen LogP contribution in [0.2, 0.25) is 0 Å². The molecule has 0 radical (unpaired) electrons. The number of hydrogen-bond acceptors (Lipinski definition) is 5. The van der Waals surface area contributed by atoms with Crippen molar-refractivity contribution in [2.24, 2.45) is 5.73 Å². The van der Waals surface area contributed by atoms with Gasteiger partial charge in [-0.3, -0.25) is 9.59 Å². The monoisotopic (exact) mass is 276 g/mol. The average molecular weight is 276 g/mol. The third-order valence-corrected chi connectivity index (χ3v) is 2.78.